The Morgan fingerprint density at radius 1 is 1.40 bits per heavy atom. The second kappa shape index (κ2) is 3.37. The lowest BCUT2D eigenvalue weighted by molar-refractivity contribution is 0.601. The molecule has 1 aromatic heterocycles. The van der Waals surface area contributed by atoms with Crippen LogP contribution >= 0.6 is 0 Å². The number of anilines is 1. The fourth-order valence-electron chi connectivity index (χ4n) is 1.78. The largest absolute Gasteiger partial charge is 0.394 e. The molecular formula is C9H12N2O3S. The lowest BCUT2D eigenvalue weighted by Gasteiger charge is -2.07. The van der Waals surface area contributed by atoms with E-state index in [0.717, 1.165) is 0 Å². The number of nitrogens with two attached hydrogens (primary N) is 1. The van der Waals surface area contributed by atoms with Crippen LogP contribution in [0.25, 0.3) is 0 Å². The number of nitrogens with one attached hydrogen (secondary N) is 1. The molecule has 2 rings (SSSR count). The van der Waals surface area contributed by atoms with Gasteiger partial charge in [-0.2, -0.15) is 0 Å². The number of hydrogen-bond acceptors (Lipinski definition) is 4. The number of sulfone groups is 1. The second-order valence-corrected chi connectivity index (χ2v) is 6.03. The van der Waals surface area contributed by atoms with Crippen molar-refractivity contribution in [2.45, 2.75) is 12.3 Å². The molecule has 5 nitrogen and oxygen atoms in total. The van der Waals surface area contributed by atoms with Crippen molar-refractivity contribution in [3.63, 3.8) is 0 Å². The highest BCUT2D eigenvalue weighted by Gasteiger charge is 2.29. The topological polar surface area (TPSA) is 93.0 Å². The Kier molecular flexibility index (Phi) is 2.30. The fourth-order valence-corrected chi connectivity index (χ4v) is 3.55. The SMILES string of the molecule is Nc1ccc(C2CCS(=O)(=O)C2)[nH]c1=O. The summed E-state index contributed by atoms with van der Waals surface area (Å²) in [7, 11) is -2.92. The van der Waals surface area contributed by atoms with Gasteiger partial charge in [-0.05, 0) is 18.6 Å². The molecule has 0 saturated carbocycles. The summed E-state index contributed by atoms with van der Waals surface area (Å²) >= 11 is 0. The van der Waals surface area contributed by atoms with E-state index in [1.165, 1.54) is 6.07 Å². The third-order valence-corrected chi connectivity index (χ3v) is 4.40. The highest BCUT2D eigenvalue weighted by atomic mass is 32.2. The molecule has 15 heavy (non-hydrogen) atoms. The number of nitrogen functional groups attached to an aromatic ring is 1. The van der Waals surface area contributed by atoms with E-state index < -0.39 is 9.84 Å². The van der Waals surface area contributed by atoms with Crippen LogP contribution in [-0.4, -0.2) is 24.9 Å². The molecule has 0 aromatic carbocycles. The number of pyridine rings is 1. The van der Waals surface area contributed by atoms with Gasteiger partial charge in [0.2, 0.25) is 0 Å². The number of hydrogen-bond donors (Lipinski definition) is 2. The van der Waals surface area contributed by atoms with Gasteiger partial charge >= 0.3 is 0 Å². The van der Waals surface area contributed by atoms with Gasteiger partial charge in [-0.25, -0.2) is 8.42 Å². The molecule has 1 fully saturated rings. The Morgan fingerprint density at radius 2 is 2.13 bits per heavy atom. The minimum atomic E-state index is -2.92. The molecule has 1 atom stereocenters. The molecule has 0 amide bonds. The van der Waals surface area contributed by atoms with Crippen LogP contribution in [0.2, 0.25) is 0 Å². The summed E-state index contributed by atoms with van der Waals surface area (Å²) < 4.78 is 22.5. The first kappa shape index (κ1) is 10.2. The fraction of sp³-hybridized carbons (Fsp3) is 0.444. The predicted molar refractivity (Wildman–Crippen MR) is 57.5 cm³/mol. The van der Waals surface area contributed by atoms with Crippen LogP contribution in [0.5, 0.6) is 0 Å². The van der Waals surface area contributed by atoms with E-state index in [9.17, 15) is 13.2 Å². The highest BCUT2D eigenvalue weighted by molar-refractivity contribution is 7.91. The van der Waals surface area contributed by atoms with Crippen molar-refractivity contribution in [1.29, 1.82) is 0 Å². The standard InChI is InChI=1S/C9H12N2O3S/c10-7-1-2-8(11-9(7)12)6-3-4-15(13,14)5-6/h1-2,6H,3-5,10H2,(H,11,12). The normalized spacial score (nSPS) is 24.1. The lowest BCUT2D eigenvalue weighted by atomic mass is 10.0. The molecule has 82 valence electrons. The van der Waals surface area contributed by atoms with Crippen LogP contribution in [0.4, 0.5) is 5.69 Å². The van der Waals surface area contributed by atoms with E-state index in [1.54, 1.807) is 6.07 Å². The van der Waals surface area contributed by atoms with Crippen LogP contribution in [0, 0.1) is 0 Å². The average molecular weight is 228 g/mol. The molecule has 0 spiro atoms. The Morgan fingerprint density at radius 3 is 2.67 bits per heavy atom. The first-order valence-corrected chi connectivity index (χ1v) is 6.49. The van der Waals surface area contributed by atoms with Gasteiger partial charge in [0, 0.05) is 11.6 Å². The summed E-state index contributed by atoms with van der Waals surface area (Å²) in [6.07, 6.45) is 0.572. The molecule has 1 aliphatic rings. The zero-order valence-electron chi connectivity index (χ0n) is 8.06. The summed E-state index contributed by atoms with van der Waals surface area (Å²) in [6, 6.07) is 3.20. The molecule has 0 aliphatic carbocycles. The highest BCUT2D eigenvalue weighted by Crippen LogP contribution is 2.26. The summed E-state index contributed by atoms with van der Waals surface area (Å²) in [5, 5.41) is 0. The molecule has 3 N–H and O–H groups in total. The summed E-state index contributed by atoms with van der Waals surface area (Å²) in [6.45, 7) is 0. The van der Waals surface area contributed by atoms with Gasteiger partial charge in [-0.3, -0.25) is 4.79 Å². The minimum absolute atomic E-state index is 0.0942. The quantitative estimate of drug-likeness (QED) is 0.699. The molecule has 1 aliphatic heterocycles. The van der Waals surface area contributed by atoms with Gasteiger partial charge in [0.15, 0.2) is 9.84 Å². The molecule has 1 aromatic rings. The Labute approximate surface area is 87.2 Å². The molecule has 6 heteroatoms. The average Bonchev–Trinajstić information content (AvgIpc) is 2.51. The van der Waals surface area contributed by atoms with E-state index in [0.29, 0.717) is 12.1 Å². The van der Waals surface area contributed by atoms with Gasteiger partial charge in [-0.15, -0.1) is 0 Å². The van der Waals surface area contributed by atoms with Crippen molar-refractivity contribution in [2.24, 2.45) is 0 Å². The maximum absolute atomic E-state index is 11.2. The number of rotatable bonds is 1. The Hall–Kier alpha value is -1.30. The molecule has 1 unspecified atom stereocenters. The zero-order valence-corrected chi connectivity index (χ0v) is 8.88. The molecular weight excluding hydrogens is 216 g/mol. The molecule has 0 bridgehead atoms. The number of aromatic amines is 1. The lowest BCUT2D eigenvalue weighted by Crippen LogP contribution is -2.15. The first-order valence-electron chi connectivity index (χ1n) is 4.67. The van der Waals surface area contributed by atoms with Crippen molar-refractivity contribution in [3.05, 3.63) is 28.2 Å². The third kappa shape index (κ3) is 2.04. The maximum atomic E-state index is 11.2. The van der Waals surface area contributed by atoms with Crippen LogP contribution < -0.4 is 11.3 Å². The second-order valence-electron chi connectivity index (χ2n) is 3.80. The number of H-pyrrole nitrogens is 1. The minimum Gasteiger partial charge on any atom is -0.394 e. The molecule has 1 saturated heterocycles. The van der Waals surface area contributed by atoms with Gasteiger partial charge in [0.25, 0.3) is 5.56 Å². The maximum Gasteiger partial charge on any atom is 0.271 e. The summed E-state index contributed by atoms with van der Waals surface area (Å²) in [4.78, 5) is 13.8. The zero-order chi connectivity index (χ0) is 11.1. The summed E-state index contributed by atoms with van der Waals surface area (Å²) in [5.74, 6) is 0.222. The van der Waals surface area contributed by atoms with Gasteiger partial charge < -0.3 is 10.7 Å². The smallest absolute Gasteiger partial charge is 0.271 e. The Bertz CT molecular complexity index is 533. The van der Waals surface area contributed by atoms with Gasteiger partial charge in [0.1, 0.15) is 0 Å². The molecule has 2 heterocycles. The van der Waals surface area contributed by atoms with E-state index >= 15 is 0 Å². The van der Waals surface area contributed by atoms with Crippen molar-refractivity contribution < 1.29 is 8.42 Å². The number of aromatic nitrogens is 1. The Balaban J connectivity index is 2.32. The van der Waals surface area contributed by atoms with Crippen molar-refractivity contribution in [3.8, 4) is 0 Å². The van der Waals surface area contributed by atoms with E-state index in [4.69, 9.17) is 5.73 Å². The van der Waals surface area contributed by atoms with E-state index in [2.05, 4.69) is 4.98 Å². The molecule has 0 radical (unpaired) electrons. The van der Waals surface area contributed by atoms with Crippen molar-refractivity contribution in [2.75, 3.05) is 17.2 Å². The predicted octanol–water partition coefficient (Wildman–Crippen LogP) is -0.141. The monoisotopic (exact) mass is 228 g/mol. The van der Waals surface area contributed by atoms with Crippen molar-refractivity contribution >= 4 is 15.5 Å². The van der Waals surface area contributed by atoms with Gasteiger partial charge in [-0.1, -0.05) is 0 Å². The van der Waals surface area contributed by atoms with Crippen LogP contribution in [0.3, 0.4) is 0 Å². The van der Waals surface area contributed by atoms with Crippen LogP contribution in [0.1, 0.15) is 18.0 Å². The van der Waals surface area contributed by atoms with E-state index in [-0.39, 0.29) is 28.7 Å². The van der Waals surface area contributed by atoms with Crippen molar-refractivity contribution in [1.82, 2.24) is 4.98 Å². The third-order valence-electron chi connectivity index (χ3n) is 2.63. The first-order chi connectivity index (χ1) is 6.98. The summed E-state index contributed by atoms with van der Waals surface area (Å²) in [5.41, 5.74) is 5.84. The van der Waals surface area contributed by atoms with Crippen LogP contribution in [0.15, 0.2) is 16.9 Å². The van der Waals surface area contributed by atoms with E-state index in [1.807, 2.05) is 0 Å². The van der Waals surface area contributed by atoms with Crippen LogP contribution in [-0.2, 0) is 9.84 Å². The van der Waals surface area contributed by atoms with Gasteiger partial charge in [0.05, 0.1) is 17.2 Å².